The van der Waals surface area contributed by atoms with Gasteiger partial charge in [-0.3, -0.25) is 9.59 Å². The van der Waals surface area contributed by atoms with Crippen LogP contribution in [0.2, 0.25) is 0 Å². The molecule has 0 fully saturated rings. The number of carbonyl (C=O) groups is 2. The summed E-state index contributed by atoms with van der Waals surface area (Å²) in [6.45, 7) is 1.87. The van der Waals surface area contributed by atoms with E-state index in [4.69, 9.17) is 0 Å². The number of aromatic nitrogens is 1. The molecule has 22 heavy (non-hydrogen) atoms. The Morgan fingerprint density at radius 1 is 1.27 bits per heavy atom. The van der Waals surface area contributed by atoms with Crippen LogP contribution in [0.5, 0.6) is 0 Å². The number of halogens is 1. The maximum absolute atomic E-state index is 11.8. The fraction of sp³-hybridized carbons (Fsp3) is 0.214. The van der Waals surface area contributed by atoms with E-state index in [0.29, 0.717) is 5.13 Å². The number of benzene rings is 1. The van der Waals surface area contributed by atoms with Crippen LogP contribution in [0.4, 0.5) is 10.8 Å². The fourth-order valence-electron chi connectivity index (χ4n) is 1.57. The van der Waals surface area contributed by atoms with Crippen molar-refractivity contribution in [2.75, 3.05) is 22.1 Å². The normalized spacial score (nSPS) is 10.3. The number of nitrogens with zero attached hydrogens (tertiary/aromatic N) is 1. The second-order valence-corrected chi connectivity index (χ2v) is 7.15. The summed E-state index contributed by atoms with van der Waals surface area (Å²) in [6.07, 6.45) is 0. The van der Waals surface area contributed by atoms with Crippen molar-refractivity contribution in [1.29, 1.82) is 0 Å². The third kappa shape index (κ3) is 5.78. The van der Waals surface area contributed by atoms with Gasteiger partial charge in [-0.05, 0) is 25.1 Å². The summed E-state index contributed by atoms with van der Waals surface area (Å²) in [5, 5.41) is 7.94. The van der Waals surface area contributed by atoms with Crippen LogP contribution in [-0.4, -0.2) is 28.3 Å². The molecule has 0 bridgehead atoms. The van der Waals surface area contributed by atoms with Crippen LogP contribution in [0.3, 0.4) is 0 Å². The molecule has 0 saturated heterocycles. The molecule has 0 saturated carbocycles. The number of aryl methyl sites for hydroxylation is 1. The Morgan fingerprint density at radius 3 is 2.64 bits per heavy atom. The lowest BCUT2D eigenvalue weighted by atomic mass is 10.3. The third-order valence-corrected chi connectivity index (χ3v) is 4.74. The first kappa shape index (κ1) is 17.0. The standard InChI is InChI=1S/C14H14BrN3O2S2/c1-9-6-22-14(16-9)18-13(20)8-21-7-12(19)17-11-4-2-3-10(15)5-11/h2-6H,7-8H2,1H3,(H,17,19)(H,16,18,20). The monoisotopic (exact) mass is 399 g/mol. The number of carbonyl (C=O) groups excluding carboxylic acids is 2. The SMILES string of the molecule is Cc1csc(NC(=O)CSCC(=O)Nc2cccc(Br)c2)n1. The molecule has 8 heteroatoms. The van der Waals surface area contributed by atoms with Gasteiger partial charge < -0.3 is 10.6 Å². The quantitative estimate of drug-likeness (QED) is 0.779. The molecule has 2 rings (SSSR count). The molecule has 2 N–H and O–H groups in total. The second kappa shape index (κ2) is 8.30. The molecule has 5 nitrogen and oxygen atoms in total. The molecule has 1 aromatic carbocycles. The highest BCUT2D eigenvalue weighted by Crippen LogP contribution is 2.16. The number of nitrogens with one attached hydrogen (secondary N) is 2. The summed E-state index contributed by atoms with van der Waals surface area (Å²) in [5.74, 6) is 0.136. The summed E-state index contributed by atoms with van der Waals surface area (Å²) < 4.78 is 0.899. The van der Waals surface area contributed by atoms with E-state index in [1.54, 1.807) is 0 Å². The Hall–Kier alpha value is -1.38. The van der Waals surface area contributed by atoms with E-state index in [1.165, 1.54) is 23.1 Å². The molecule has 0 aliphatic heterocycles. The van der Waals surface area contributed by atoms with Crippen LogP contribution in [0, 0.1) is 6.92 Å². The number of anilines is 2. The molecular formula is C14H14BrN3O2S2. The van der Waals surface area contributed by atoms with Crippen molar-refractivity contribution in [2.24, 2.45) is 0 Å². The van der Waals surface area contributed by atoms with Gasteiger partial charge in [0.1, 0.15) is 0 Å². The Kier molecular flexibility index (Phi) is 6.41. The zero-order valence-electron chi connectivity index (χ0n) is 11.8. The van der Waals surface area contributed by atoms with E-state index in [1.807, 2.05) is 36.6 Å². The van der Waals surface area contributed by atoms with Gasteiger partial charge in [0, 0.05) is 15.5 Å². The topological polar surface area (TPSA) is 71.1 Å². The average Bonchev–Trinajstić information content (AvgIpc) is 2.84. The summed E-state index contributed by atoms with van der Waals surface area (Å²) in [4.78, 5) is 27.6. The van der Waals surface area contributed by atoms with E-state index >= 15 is 0 Å². The van der Waals surface area contributed by atoms with Gasteiger partial charge in [-0.1, -0.05) is 22.0 Å². The first-order valence-electron chi connectivity index (χ1n) is 6.38. The van der Waals surface area contributed by atoms with Crippen molar-refractivity contribution in [3.8, 4) is 0 Å². The van der Waals surface area contributed by atoms with Crippen LogP contribution in [0.1, 0.15) is 5.69 Å². The van der Waals surface area contributed by atoms with Crippen LogP contribution < -0.4 is 10.6 Å². The van der Waals surface area contributed by atoms with E-state index in [0.717, 1.165) is 15.9 Å². The summed E-state index contributed by atoms with van der Waals surface area (Å²) in [6, 6.07) is 7.36. The highest BCUT2D eigenvalue weighted by atomic mass is 79.9. The Morgan fingerprint density at radius 2 is 2.00 bits per heavy atom. The molecule has 2 amide bonds. The van der Waals surface area contributed by atoms with E-state index in [9.17, 15) is 9.59 Å². The molecule has 0 aliphatic rings. The second-order valence-electron chi connectivity index (χ2n) is 4.39. The van der Waals surface area contributed by atoms with Gasteiger partial charge in [-0.15, -0.1) is 23.1 Å². The van der Waals surface area contributed by atoms with Crippen LogP contribution in [0.15, 0.2) is 34.1 Å². The molecule has 1 aromatic heterocycles. The number of thioether (sulfide) groups is 1. The maximum Gasteiger partial charge on any atom is 0.236 e. The lowest BCUT2D eigenvalue weighted by Crippen LogP contribution is -2.18. The van der Waals surface area contributed by atoms with E-state index < -0.39 is 0 Å². The predicted octanol–water partition coefficient (Wildman–Crippen LogP) is 3.52. The van der Waals surface area contributed by atoms with Gasteiger partial charge in [-0.2, -0.15) is 0 Å². The number of thiazole rings is 1. The fourth-order valence-corrected chi connectivity index (χ4v) is 3.29. The summed E-state index contributed by atoms with van der Waals surface area (Å²) >= 11 is 5.99. The lowest BCUT2D eigenvalue weighted by molar-refractivity contribution is -0.114. The predicted molar refractivity (Wildman–Crippen MR) is 95.6 cm³/mol. The van der Waals surface area contributed by atoms with Crippen molar-refractivity contribution < 1.29 is 9.59 Å². The summed E-state index contributed by atoms with van der Waals surface area (Å²) in [5.41, 5.74) is 1.60. The molecule has 0 radical (unpaired) electrons. The van der Waals surface area contributed by atoms with Gasteiger partial charge in [0.25, 0.3) is 0 Å². The van der Waals surface area contributed by atoms with Gasteiger partial charge in [-0.25, -0.2) is 4.98 Å². The smallest absolute Gasteiger partial charge is 0.236 e. The average molecular weight is 400 g/mol. The molecule has 0 atom stereocenters. The number of amides is 2. The zero-order valence-corrected chi connectivity index (χ0v) is 15.0. The minimum absolute atomic E-state index is 0.138. The Bertz CT molecular complexity index is 676. The molecule has 1 heterocycles. The molecular weight excluding hydrogens is 386 g/mol. The van der Waals surface area contributed by atoms with E-state index in [-0.39, 0.29) is 23.3 Å². The number of rotatable bonds is 6. The van der Waals surface area contributed by atoms with Crippen LogP contribution >= 0.6 is 39.0 Å². The van der Waals surface area contributed by atoms with Gasteiger partial charge in [0.05, 0.1) is 17.2 Å². The first-order chi connectivity index (χ1) is 10.5. The Labute approximate surface area is 145 Å². The highest BCUT2D eigenvalue weighted by molar-refractivity contribution is 9.10. The number of hydrogen-bond acceptors (Lipinski definition) is 5. The van der Waals surface area contributed by atoms with Crippen molar-refractivity contribution in [1.82, 2.24) is 4.98 Å². The molecule has 0 spiro atoms. The van der Waals surface area contributed by atoms with Crippen molar-refractivity contribution >= 4 is 61.7 Å². The van der Waals surface area contributed by atoms with Crippen LogP contribution in [0.25, 0.3) is 0 Å². The van der Waals surface area contributed by atoms with Gasteiger partial charge in [0.2, 0.25) is 11.8 Å². The molecule has 2 aromatic rings. The zero-order chi connectivity index (χ0) is 15.9. The maximum atomic E-state index is 11.8. The summed E-state index contributed by atoms with van der Waals surface area (Å²) in [7, 11) is 0. The number of hydrogen-bond donors (Lipinski definition) is 2. The first-order valence-corrected chi connectivity index (χ1v) is 9.21. The van der Waals surface area contributed by atoms with Crippen LogP contribution in [-0.2, 0) is 9.59 Å². The van der Waals surface area contributed by atoms with Crippen molar-refractivity contribution in [3.05, 3.63) is 39.8 Å². The highest BCUT2D eigenvalue weighted by Gasteiger charge is 2.08. The minimum atomic E-state index is -0.158. The Balaban J connectivity index is 1.69. The molecule has 0 aliphatic carbocycles. The van der Waals surface area contributed by atoms with Crippen molar-refractivity contribution in [3.63, 3.8) is 0 Å². The molecule has 116 valence electrons. The van der Waals surface area contributed by atoms with Crippen molar-refractivity contribution in [2.45, 2.75) is 6.92 Å². The minimum Gasteiger partial charge on any atom is -0.325 e. The molecule has 0 unspecified atom stereocenters. The van der Waals surface area contributed by atoms with Gasteiger partial charge in [0.15, 0.2) is 5.13 Å². The van der Waals surface area contributed by atoms with E-state index in [2.05, 4.69) is 31.5 Å². The lowest BCUT2D eigenvalue weighted by Gasteiger charge is -2.05. The van der Waals surface area contributed by atoms with Gasteiger partial charge >= 0.3 is 0 Å². The third-order valence-electron chi connectivity index (χ3n) is 2.44. The largest absolute Gasteiger partial charge is 0.325 e.